The zero-order valence-electron chi connectivity index (χ0n) is 17.1. The van der Waals surface area contributed by atoms with Gasteiger partial charge in [-0.3, -0.25) is 14.9 Å². The number of hydrogen-bond donors (Lipinski definition) is 0. The molecule has 0 bridgehead atoms. The van der Waals surface area contributed by atoms with Crippen molar-refractivity contribution >= 4 is 38.6 Å². The Balaban J connectivity index is 2.28. The largest absolute Gasteiger partial charge is 0.464 e. The maximum Gasteiger partial charge on any atom is 0.341 e. The molecular formula is C19H20F2N4O6S. The second-order valence-corrected chi connectivity index (χ2v) is 8.24. The van der Waals surface area contributed by atoms with E-state index in [4.69, 9.17) is 4.74 Å². The van der Waals surface area contributed by atoms with Crippen LogP contribution in [0.5, 0.6) is 0 Å². The van der Waals surface area contributed by atoms with Gasteiger partial charge in [0, 0.05) is 31.3 Å². The molecule has 0 radical (unpaired) electrons. The molecule has 0 saturated heterocycles. The number of non-ortho nitro benzene ring substituents is 1. The molecule has 0 spiro atoms. The maximum absolute atomic E-state index is 13.0. The van der Waals surface area contributed by atoms with E-state index < -0.39 is 36.8 Å². The van der Waals surface area contributed by atoms with Crippen LogP contribution in [0, 0.1) is 10.1 Å². The highest BCUT2D eigenvalue weighted by atomic mass is 32.2. The van der Waals surface area contributed by atoms with Gasteiger partial charge < -0.3 is 9.64 Å². The second kappa shape index (κ2) is 10.7. The third-order valence-corrected chi connectivity index (χ3v) is 5.64. The monoisotopic (exact) mass is 470 g/mol. The Kier molecular flexibility index (Phi) is 8.29. The van der Waals surface area contributed by atoms with Gasteiger partial charge in [-0.15, -0.1) is 5.11 Å². The zero-order valence-corrected chi connectivity index (χ0v) is 18.0. The van der Waals surface area contributed by atoms with Crippen LogP contribution < -0.4 is 4.90 Å². The molecule has 2 rings (SSSR count). The molecule has 32 heavy (non-hydrogen) atoms. The Morgan fingerprint density at radius 2 is 1.84 bits per heavy atom. The van der Waals surface area contributed by atoms with Crippen LogP contribution in [0.25, 0.3) is 0 Å². The summed E-state index contributed by atoms with van der Waals surface area (Å²) in [4.78, 5) is 21.8. The minimum Gasteiger partial charge on any atom is -0.464 e. The number of carbonyl (C=O) groups is 1. The number of anilines is 1. The topological polar surface area (TPSA) is 132 Å². The molecule has 0 aliphatic rings. The molecule has 172 valence electrons. The molecule has 13 heteroatoms. The fourth-order valence-electron chi connectivity index (χ4n) is 2.63. The van der Waals surface area contributed by atoms with E-state index in [0.29, 0.717) is 24.8 Å². The van der Waals surface area contributed by atoms with E-state index in [2.05, 4.69) is 10.2 Å². The number of hydrogen-bond acceptors (Lipinski definition) is 9. The lowest BCUT2D eigenvalue weighted by atomic mass is 10.2. The number of nitro benzene ring substituents is 1. The Labute approximate surface area is 182 Å². The smallest absolute Gasteiger partial charge is 0.341 e. The summed E-state index contributed by atoms with van der Waals surface area (Å²) < 4.78 is 54.7. The Morgan fingerprint density at radius 1 is 1.19 bits per heavy atom. The number of nitrogens with zero attached hydrogens (tertiary/aromatic N) is 4. The summed E-state index contributed by atoms with van der Waals surface area (Å²) in [5.74, 6) is -4.15. The van der Waals surface area contributed by atoms with Gasteiger partial charge in [-0.1, -0.05) is 0 Å². The van der Waals surface area contributed by atoms with Crippen molar-refractivity contribution in [1.82, 2.24) is 0 Å². The third-order valence-electron chi connectivity index (χ3n) is 4.23. The Hall–Kier alpha value is -3.48. The van der Waals surface area contributed by atoms with Crippen molar-refractivity contribution in [3.63, 3.8) is 0 Å². The van der Waals surface area contributed by atoms with E-state index in [1.165, 1.54) is 6.92 Å². The first-order chi connectivity index (χ1) is 15.1. The molecule has 10 nitrogen and oxygen atoms in total. The average Bonchev–Trinajstić information content (AvgIpc) is 2.75. The van der Waals surface area contributed by atoms with Gasteiger partial charge in [-0.25, -0.2) is 8.42 Å². The van der Waals surface area contributed by atoms with Gasteiger partial charge in [0.15, 0.2) is 0 Å². The highest BCUT2D eigenvalue weighted by molar-refractivity contribution is 7.91. The maximum atomic E-state index is 13.0. The number of carbonyl (C=O) groups excluding carboxylic acids is 1. The van der Waals surface area contributed by atoms with Gasteiger partial charge in [0.1, 0.15) is 17.2 Å². The van der Waals surface area contributed by atoms with Crippen molar-refractivity contribution in [3.05, 3.63) is 52.6 Å². The molecule has 0 aromatic heterocycles. The molecule has 2 aromatic rings. The molecule has 0 unspecified atom stereocenters. The predicted molar refractivity (Wildman–Crippen MR) is 111 cm³/mol. The molecule has 0 aliphatic heterocycles. The third kappa shape index (κ3) is 6.26. The van der Waals surface area contributed by atoms with E-state index >= 15 is 0 Å². The minimum absolute atomic E-state index is 0.214. The summed E-state index contributed by atoms with van der Waals surface area (Å²) in [5.41, 5.74) is -0.0177. The lowest BCUT2D eigenvalue weighted by Gasteiger charge is -2.22. The normalized spacial score (nSPS) is 11.7. The van der Waals surface area contributed by atoms with Crippen LogP contribution in [0.15, 0.2) is 57.6 Å². The van der Waals surface area contributed by atoms with Crippen molar-refractivity contribution in [2.45, 2.75) is 24.5 Å². The van der Waals surface area contributed by atoms with Crippen LogP contribution >= 0.6 is 0 Å². The molecule has 0 heterocycles. The summed E-state index contributed by atoms with van der Waals surface area (Å²) in [6, 6.07) is 8.97. The van der Waals surface area contributed by atoms with Crippen LogP contribution in [-0.4, -0.2) is 44.8 Å². The first-order valence-corrected chi connectivity index (χ1v) is 10.8. The van der Waals surface area contributed by atoms with Crippen LogP contribution in [-0.2, 0) is 19.4 Å². The zero-order chi connectivity index (χ0) is 23.9. The summed E-state index contributed by atoms with van der Waals surface area (Å²) >= 11 is 0. The summed E-state index contributed by atoms with van der Waals surface area (Å²) in [6.45, 7) is 4.56. The Morgan fingerprint density at radius 3 is 2.38 bits per heavy atom. The lowest BCUT2D eigenvalue weighted by Crippen LogP contribution is -2.27. The van der Waals surface area contributed by atoms with Crippen molar-refractivity contribution in [2.24, 2.45) is 10.2 Å². The van der Waals surface area contributed by atoms with E-state index in [9.17, 15) is 32.1 Å². The van der Waals surface area contributed by atoms with E-state index in [-0.39, 0.29) is 12.6 Å². The van der Waals surface area contributed by atoms with Gasteiger partial charge in [0.25, 0.3) is 5.69 Å². The SMILES string of the molecule is CCN(CCOC(C)=O)c1ccc(N=Nc2ccc([N+](=O)[O-])cc2S(=O)(=O)C(F)F)cc1. The number of esters is 1. The average molecular weight is 470 g/mol. The van der Waals surface area contributed by atoms with Gasteiger partial charge in [0.2, 0.25) is 9.84 Å². The quantitative estimate of drug-likeness (QED) is 0.218. The molecular weight excluding hydrogens is 450 g/mol. The highest BCUT2D eigenvalue weighted by Gasteiger charge is 2.31. The first kappa shape index (κ1) is 24.8. The number of benzene rings is 2. The van der Waals surface area contributed by atoms with Gasteiger partial charge in [-0.05, 0) is 37.3 Å². The summed E-state index contributed by atoms with van der Waals surface area (Å²) in [6.07, 6.45) is 0. The number of sulfone groups is 1. The fourth-order valence-corrected chi connectivity index (χ4v) is 3.51. The van der Waals surface area contributed by atoms with Crippen molar-refractivity contribution in [2.75, 3.05) is 24.6 Å². The number of halogens is 2. The van der Waals surface area contributed by atoms with Crippen LogP contribution in [0.1, 0.15) is 13.8 Å². The molecule has 0 N–H and O–H groups in total. The minimum atomic E-state index is -5.14. The number of rotatable bonds is 10. The van der Waals surface area contributed by atoms with Gasteiger partial charge in [-0.2, -0.15) is 13.9 Å². The van der Waals surface area contributed by atoms with Crippen LogP contribution in [0.2, 0.25) is 0 Å². The number of alkyl halides is 2. The van der Waals surface area contributed by atoms with E-state index in [1.807, 2.05) is 11.8 Å². The molecule has 0 saturated carbocycles. The predicted octanol–water partition coefficient (Wildman–Crippen LogP) is 4.40. The van der Waals surface area contributed by atoms with E-state index in [1.54, 1.807) is 24.3 Å². The van der Waals surface area contributed by atoms with Crippen molar-refractivity contribution in [1.29, 1.82) is 0 Å². The van der Waals surface area contributed by atoms with Gasteiger partial charge >= 0.3 is 11.7 Å². The van der Waals surface area contributed by atoms with E-state index in [0.717, 1.165) is 17.8 Å². The fraction of sp³-hybridized carbons (Fsp3) is 0.316. The first-order valence-electron chi connectivity index (χ1n) is 9.27. The van der Waals surface area contributed by atoms with Crippen LogP contribution in [0.4, 0.5) is 31.5 Å². The number of azo groups is 1. The highest BCUT2D eigenvalue weighted by Crippen LogP contribution is 2.33. The molecule has 0 amide bonds. The number of nitro groups is 1. The molecule has 2 aromatic carbocycles. The van der Waals surface area contributed by atoms with Gasteiger partial charge in [0.05, 0.1) is 17.2 Å². The lowest BCUT2D eigenvalue weighted by molar-refractivity contribution is -0.385. The number of ether oxygens (including phenoxy) is 1. The molecule has 0 aliphatic carbocycles. The van der Waals surface area contributed by atoms with Crippen LogP contribution in [0.3, 0.4) is 0 Å². The molecule has 0 atom stereocenters. The summed E-state index contributed by atoms with van der Waals surface area (Å²) in [7, 11) is -5.14. The second-order valence-electron chi connectivity index (χ2n) is 6.35. The Bertz CT molecular complexity index is 1110. The van der Waals surface area contributed by atoms with Crippen molar-refractivity contribution in [3.8, 4) is 0 Å². The number of likely N-dealkylation sites (N-methyl/N-ethyl adjacent to an activating group) is 1. The van der Waals surface area contributed by atoms with Crippen molar-refractivity contribution < 1.29 is 31.7 Å². The standard InChI is InChI=1S/C19H20F2N4O6S/c1-3-24(10-11-31-13(2)26)15-6-4-14(5-7-15)22-23-17-9-8-16(25(27)28)12-18(17)32(29,30)19(20)21/h4-9,12,19H,3,10-11H2,1-2H3. The molecule has 0 fully saturated rings. The summed E-state index contributed by atoms with van der Waals surface area (Å²) in [5, 5.41) is 18.5.